The van der Waals surface area contributed by atoms with Gasteiger partial charge in [-0.15, -0.1) is 0 Å². The monoisotopic (exact) mass is 324 g/mol. The summed E-state index contributed by atoms with van der Waals surface area (Å²) in [5.41, 5.74) is 3.76. The fraction of sp³-hybridized carbons (Fsp3) is 0.118. The van der Waals surface area contributed by atoms with Crippen LogP contribution < -0.4 is 5.32 Å². The van der Waals surface area contributed by atoms with Gasteiger partial charge >= 0.3 is 0 Å². The van der Waals surface area contributed by atoms with Crippen molar-refractivity contribution in [3.05, 3.63) is 48.7 Å². The van der Waals surface area contributed by atoms with Crippen LogP contribution >= 0.6 is 11.8 Å². The maximum Gasteiger partial charge on any atom is 0.222 e. The van der Waals surface area contributed by atoms with Crippen LogP contribution in [0.25, 0.3) is 22.5 Å². The minimum absolute atomic E-state index is 0.148. The van der Waals surface area contributed by atoms with Gasteiger partial charge in [0.2, 0.25) is 5.91 Å². The molecule has 0 bridgehead atoms. The number of hydrogen-bond acceptors (Lipinski definition) is 4. The largest absolute Gasteiger partial charge is 0.332 e. The lowest BCUT2D eigenvalue weighted by Crippen LogP contribution is -2.07. The maximum absolute atomic E-state index is 11.2. The number of nitrogens with zero attached hydrogens (tertiary/aromatic N) is 2. The normalized spacial score (nSPS) is 10.5. The molecule has 6 heteroatoms. The molecule has 0 aliphatic rings. The van der Waals surface area contributed by atoms with E-state index in [4.69, 9.17) is 0 Å². The summed E-state index contributed by atoms with van der Waals surface area (Å²) in [6.45, 7) is 1.46. The van der Waals surface area contributed by atoms with Crippen LogP contribution in [0, 0.1) is 0 Å². The summed E-state index contributed by atoms with van der Waals surface area (Å²) in [5.74, 6) is 0.368. The fourth-order valence-corrected chi connectivity index (χ4v) is 2.68. The van der Waals surface area contributed by atoms with Crippen molar-refractivity contribution in [3.63, 3.8) is 0 Å². The zero-order valence-corrected chi connectivity index (χ0v) is 13.6. The molecule has 1 amide bonds. The SMILES string of the molecule is CSc1nc(-c2ccnc(NC(C)=O)c2)c(-c2ccccc2)[nH]1. The number of anilines is 1. The molecule has 3 aromatic rings. The number of imidazole rings is 1. The lowest BCUT2D eigenvalue weighted by atomic mass is 10.1. The predicted molar refractivity (Wildman–Crippen MR) is 93.3 cm³/mol. The van der Waals surface area contributed by atoms with Crippen LogP contribution in [-0.4, -0.2) is 27.1 Å². The van der Waals surface area contributed by atoms with E-state index in [9.17, 15) is 4.79 Å². The summed E-state index contributed by atoms with van der Waals surface area (Å²) in [7, 11) is 0. The van der Waals surface area contributed by atoms with E-state index in [0.29, 0.717) is 5.82 Å². The van der Waals surface area contributed by atoms with Crippen LogP contribution in [0.5, 0.6) is 0 Å². The molecule has 2 heterocycles. The molecule has 0 aliphatic heterocycles. The number of thioether (sulfide) groups is 1. The molecular weight excluding hydrogens is 308 g/mol. The second kappa shape index (κ2) is 6.66. The third-order valence-corrected chi connectivity index (χ3v) is 3.86. The van der Waals surface area contributed by atoms with Gasteiger partial charge in [-0.3, -0.25) is 4.79 Å². The van der Waals surface area contributed by atoms with E-state index < -0.39 is 0 Å². The highest BCUT2D eigenvalue weighted by atomic mass is 32.2. The van der Waals surface area contributed by atoms with Crippen LogP contribution in [0.3, 0.4) is 0 Å². The zero-order chi connectivity index (χ0) is 16.2. The number of amides is 1. The van der Waals surface area contributed by atoms with Gasteiger partial charge in [-0.05, 0) is 18.4 Å². The van der Waals surface area contributed by atoms with E-state index in [-0.39, 0.29) is 5.91 Å². The van der Waals surface area contributed by atoms with Crippen molar-refractivity contribution < 1.29 is 4.79 Å². The fourth-order valence-electron chi connectivity index (χ4n) is 2.30. The van der Waals surface area contributed by atoms with Crippen LogP contribution in [0.2, 0.25) is 0 Å². The van der Waals surface area contributed by atoms with Gasteiger partial charge in [0.1, 0.15) is 5.82 Å². The number of pyridine rings is 1. The van der Waals surface area contributed by atoms with Crippen molar-refractivity contribution in [1.29, 1.82) is 0 Å². The van der Waals surface area contributed by atoms with Gasteiger partial charge in [0.05, 0.1) is 11.4 Å². The molecule has 0 saturated heterocycles. The molecule has 23 heavy (non-hydrogen) atoms. The molecule has 116 valence electrons. The first-order valence-electron chi connectivity index (χ1n) is 7.11. The molecule has 1 aromatic carbocycles. The summed E-state index contributed by atoms with van der Waals surface area (Å²) in [6.07, 6.45) is 3.65. The molecule has 2 N–H and O–H groups in total. The molecule has 0 saturated carbocycles. The minimum atomic E-state index is -0.148. The van der Waals surface area contributed by atoms with Crippen LogP contribution in [0.1, 0.15) is 6.92 Å². The third kappa shape index (κ3) is 3.43. The average molecular weight is 324 g/mol. The Hall–Kier alpha value is -2.60. The van der Waals surface area contributed by atoms with Gasteiger partial charge in [0.15, 0.2) is 5.16 Å². The van der Waals surface area contributed by atoms with E-state index in [1.54, 1.807) is 18.0 Å². The van der Waals surface area contributed by atoms with Crippen LogP contribution in [0.15, 0.2) is 53.8 Å². The molecule has 0 radical (unpaired) electrons. The predicted octanol–water partition coefficient (Wildman–Crippen LogP) is 3.82. The molecule has 5 nitrogen and oxygen atoms in total. The molecule has 3 rings (SSSR count). The quantitative estimate of drug-likeness (QED) is 0.716. The Balaban J connectivity index is 2.09. The van der Waals surface area contributed by atoms with Crippen molar-refractivity contribution in [3.8, 4) is 22.5 Å². The Morgan fingerprint density at radius 2 is 1.96 bits per heavy atom. The summed E-state index contributed by atoms with van der Waals surface area (Å²) in [6, 6.07) is 13.8. The summed E-state index contributed by atoms with van der Waals surface area (Å²) < 4.78 is 0. The first-order valence-corrected chi connectivity index (χ1v) is 8.33. The second-order valence-electron chi connectivity index (χ2n) is 4.95. The number of rotatable bonds is 4. The van der Waals surface area contributed by atoms with Gasteiger partial charge in [-0.2, -0.15) is 0 Å². The number of H-pyrrole nitrogens is 1. The molecular formula is C17H16N4OS. The van der Waals surface area contributed by atoms with Gasteiger partial charge in [-0.25, -0.2) is 9.97 Å². The van der Waals surface area contributed by atoms with E-state index in [0.717, 1.165) is 27.7 Å². The number of aromatic nitrogens is 3. The second-order valence-corrected chi connectivity index (χ2v) is 5.74. The van der Waals surface area contributed by atoms with Crippen molar-refractivity contribution in [1.82, 2.24) is 15.0 Å². The van der Waals surface area contributed by atoms with Gasteiger partial charge in [-0.1, -0.05) is 42.1 Å². The minimum Gasteiger partial charge on any atom is -0.332 e. The maximum atomic E-state index is 11.2. The van der Waals surface area contributed by atoms with Gasteiger partial charge in [0, 0.05) is 24.2 Å². The standard InChI is InChI=1S/C17H16N4OS/c1-11(22)19-14-10-13(8-9-18-14)16-15(20-17(21-16)23-2)12-6-4-3-5-7-12/h3-10H,1-2H3,(H,20,21)(H,18,19,22). The third-order valence-electron chi connectivity index (χ3n) is 3.28. The highest BCUT2D eigenvalue weighted by molar-refractivity contribution is 7.98. The van der Waals surface area contributed by atoms with E-state index in [2.05, 4.69) is 20.3 Å². The highest BCUT2D eigenvalue weighted by Crippen LogP contribution is 2.32. The Labute approximate surface area is 138 Å². The van der Waals surface area contributed by atoms with Crippen molar-refractivity contribution in [2.45, 2.75) is 12.1 Å². The highest BCUT2D eigenvalue weighted by Gasteiger charge is 2.14. The average Bonchev–Trinajstić information content (AvgIpc) is 3.00. The number of benzene rings is 1. The number of hydrogen-bond donors (Lipinski definition) is 2. The topological polar surface area (TPSA) is 70.7 Å². The lowest BCUT2D eigenvalue weighted by molar-refractivity contribution is -0.114. The Bertz CT molecular complexity index is 830. The first-order chi connectivity index (χ1) is 11.2. The number of nitrogens with one attached hydrogen (secondary N) is 2. The molecule has 0 atom stereocenters. The Morgan fingerprint density at radius 3 is 2.65 bits per heavy atom. The summed E-state index contributed by atoms with van der Waals surface area (Å²) >= 11 is 1.56. The van der Waals surface area contributed by atoms with E-state index >= 15 is 0 Å². The lowest BCUT2D eigenvalue weighted by Gasteiger charge is -2.05. The van der Waals surface area contributed by atoms with E-state index in [1.807, 2.05) is 48.7 Å². The molecule has 0 spiro atoms. The van der Waals surface area contributed by atoms with Crippen molar-refractivity contribution >= 4 is 23.5 Å². The summed E-state index contributed by atoms with van der Waals surface area (Å²) in [4.78, 5) is 23.4. The number of aromatic amines is 1. The first kappa shape index (κ1) is 15.3. The number of carbonyl (C=O) groups is 1. The van der Waals surface area contributed by atoms with Crippen molar-refractivity contribution in [2.75, 3.05) is 11.6 Å². The van der Waals surface area contributed by atoms with Crippen LogP contribution in [0.4, 0.5) is 5.82 Å². The van der Waals surface area contributed by atoms with Gasteiger partial charge in [0.25, 0.3) is 0 Å². The molecule has 0 unspecified atom stereocenters. The molecule has 2 aromatic heterocycles. The smallest absolute Gasteiger partial charge is 0.222 e. The van der Waals surface area contributed by atoms with Gasteiger partial charge < -0.3 is 10.3 Å². The molecule has 0 aliphatic carbocycles. The zero-order valence-electron chi connectivity index (χ0n) is 12.8. The summed E-state index contributed by atoms with van der Waals surface area (Å²) in [5, 5.41) is 3.55. The Morgan fingerprint density at radius 1 is 1.17 bits per heavy atom. The van der Waals surface area contributed by atoms with E-state index in [1.165, 1.54) is 6.92 Å². The van der Waals surface area contributed by atoms with Crippen molar-refractivity contribution in [2.24, 2.45) is 0 Å². The van der Waals surface area contributed by atoms with Crippen LogP contribution in [-0.2, 0) is 4.79 Å². The Kier molecular flexibility index (Phi) is 4.43. The molecule has 0 fully saturated rings. The number of carbonyl (C=O) groups excluding carboxylic acids is 1.